The quantitative estimate of drug-likeness (QED) is 0.719. The maximum absolute atomic E-state index is 12.2. The van der Waals surface area contributed by atoms with Crippen molar-refractivity contribution in [3.63, 3.8) is 0 Å². The molecule has 0 N–H and O–H groups in total. The number of hydrogen-bond acceptors (Lipinski definition) is 2. The van der Waals surface area contributed by atoms with E-state index in [2.05, 4.69) is 0 Å². The minimum Gasteiger partial charge on any atom is -0.484 e. The molecule has 4 heteroatoms. The molecule has 0 saturated heterocycles. The van der Waals surface area contributed by atoms with Crippen molar-refractivity contribution in [1.82, 2.24) is 4.90 Å². The van der Waals surface area contributed by atoms with Gasteiger partial charge in [0, 0.05) is 18.5 Å². The first kappa shape index (κ1) is 14.2. The van der Waals surface area contributed by atoms with E-state index in [1.807, 2.05) is 35.2 Å². The number of nitrogens with zero attached hydrogens (tertiary/aromatic N) is 1. The lowest BCUT2D eigenvalue weighted by Gasteiger charge is -2.37. The number of amides is 1. The molecule has 0 aromatic heterocycles. The average Bonchev–Trinajstić information content (AvgIpc) is 2.39. The largest absolute Gasteiger partial charge is 0.484 e. The summed E-state index contributed by atoms with van der Waals surface area (Å²) in [6, 6.07) is 9.85. The molecule has 0 bridgehead atoms. The van der Waals surface area contributed by atoms with Gasteiger partial charge in [-0.2, -0.15) is 0 Å². The lowest BCUT2D eigenvalue weighted by Crippen LogP contribution is -2.46. The number of alkyl halides is 1. The van der Waals surface area contributed by atoms with Crippen LogP contribution in [0.25, 0.3) is 0 Å². The summed E-state index contributed by atoms with van der Waals surface area (Å²) in [6.45, 7) is 0.855. The molecule has 0 unspecified atom stereocenters. The summed E-state index contributed by atoms with van der Waals surface area (Å²) >= 11 is 5.72. The highest BCUT2D eigenvalue weighted by Crippen LogP contribution is 2.25. The van der Waals surface area contributed by atoms with Gasteiger partial charge in [-0.05, 0) is 37.8 Å². The normalized spacial score (nSPS) is 14.8. The fraction of sp³-hybridized carbons (Fsp3) is 0.533. The van der Waals surface area contributed by atoms with Gasteiger partial charge < -0.3 is 9.64 Å². The van der Waals surface area contributed by atoms with Crippen LogP contribution in [-0.4, -0.2) is 35.9 Å². The van der Waals surface area contributed by atoms with Crippen molar-refractivity contribution in [3.8, 4) is 5.75 Å². The second kappa shape index (κ2) is 7.39. The Morgan fingerprint density at radius 2 is 2.05 bits per heavy atom. The summed E-state index contributed by atoms with van der Waals surface area (Å²) in [7, 11) is 0. The number of rotatable bonds is 7. The summed E-state index contributed by atoms with van der Waals surface area (Å²) in [6.07, 6.45) is 4.28. The molecule has 0 spiro atoms. The molecule has 1 saturated carbocycles. The van der Waals surface area contributed by atoms with Crippen molar-refractivity contribution in [2.45, 2.75) is 31.7 Å². The molecule has 3 nitrogen and oxygen atoms in total. The maximum Gasteiger partial charge on any atom is 0.260 e. The Bertz CT molecular complexity index is 392. The fourth-order valence-electron chi connectivity index (χ4n) is 2.18. The molecule has 2 rings (SSSR count). The molecule has 1 aromatic rings. The second-order valence-corrected chi connectivity index (χ2v) is 5.19. The predicted octanol–water partition coefficient (Wildman–Crippen LogP) is 3.08. The van der Waals surface area contributed by atoms with Crippen LogP contribution in [0.5, 0.6) is 5.75 Å². The van der Waals surface area contributed by atoms with E-state index >= 15 is 0 Å². The van der Waals surface area contributed by atoms with Crippen molar-refractivity contribution in [1.29, 1.82) is 0 Å². The highest BCUT2D eigenvalue weighted by Gasteiger charge is 2.28. The second-order valence-electron chi connectivity index (χ2n) is 4.82. The Labute approximate surface area is 119 Å². The zero-order valence-corrected chi connectivity index (χ0v) is 11.8. The Balaban J connectivity index is 1.84. The average molecular weight is 282 g/mol. The van der Waals surface area contributed by atoms with Gasteiger partial charge in [-0.25, -0.2) is 0 Å². The van der Waals surface area contributed by atoms with Crippen LogP contribution in [-0.2, 0) is 4.79 Å². The third-order valence-corrected chi connectivity index (χ3v) is 3.74. The van der Waals surface area contributed by atoms with Gasteiger partial charge in [0.2, 0.25) is 0 Å². The number of para-hydroxylation sites is 1. The molecule has 1 fully saturated rings. The van der Waals surface area contributed by atoms with Crippen LogP contribution in [0.1, 0.15) is 25.7 Å². The van der Waals surface area contributed by atoms with Crippen LogP contribution in [0.2, 0.25) is 0 Å². The van der Waals surface area contributed by atoms with E-state index in [1.54, 1.807) is 0 Å². The highest BCUT2D eigenvalue weighted by atomic mass is 35.5. The summed E-state index contributed by atoms with van der Waals surface area (Å²) in [5, 5.41) is 0. The van der Waals surface area contributed by atoms with Crippen molar-refractivity contribution >= 4 is 17.5 Å². The number of carbonyl (C=O) groups is 1. The molecule has 104 valence electrons. The van der Waals surface area contributed by atoms with Crippen LogP contribution in [0.4, 0.5) is 0 Å². The van der Waals surface area contributed by atoms with Crippen LogP contribution >= 0.6 is 11.6 Å². The lowest BCUT2D eigenvalue weighted by atomic mass is 9.91. The van der Waals surface area contributed by atoms with Crippen LogP contribution < -0.4 is 4.74 Å². The lowest BCUT2D eigenvalue weighted by molar-refractivity contribution is -0.137. The first-order valence-electron chi connectivity index (χ1n) is 6.84. The summed E-state index contributed by atoms with van der Waals surface area (Å²) < 4.78 is 5.52. The zero-order valence-electron chi connectivity index (χ0n) is 11.1. The molecule has 1 aromatic carbocycles. The molecular formula is C15H20ClNO2. The summed E-state index contributed by atoms with van der Waals surface area (Å²) in [4.78, 5) is 14.2. The molecule has 0 heterocycles. The van der Waals surface area contributed by atoms with Crippen molar-refractivity contribution in [2.75, 3.05) is 19.0 Å². The first-order valence-corrected chi connectivity index (χ1v) is 7.38. The summed E-state index contributed by atoms with van der Waals surface area (Å²) in [5.41, 5.74) is 0. The Hall–Kier alpha value is -1.22. The molecule has 1 amide bonds. The van der Waals surface area contributed by atoms with E-state index in [4.69, 9.17) is 16.3 Å². The summed E-state index contributed by atoms with van der Waals surface area (Å²) in [5.74, 6) is 1.40. The topological polar surface area (TPSA) is 29.5 Å². The molecular weight excluding hydrogens is 262 g/mol. The van der Waals surface area contributed by atoms with E-state index < -0.39 is 0 Å². The fourth-order valence-corrected chi connectivity index (χ4v) is 2.30. The first-order chi connectivity index (χ1) is 9.31. The van der Waals surface area contributed by atoms with E-state index in [0.29, 0.717) is 11.9 Å². The van der Waals surface area contributed by atoms with Gasteiger partial charge in [0.1, 0.15) is 5.75 Å². The van der Waals surface area contributed by atoms with Gasteiger partial charge in [-0.1, -0.05) is 18.2 Å². The van der Waals surface area contributed by atoms with Gasteiger partial charge in [0.25, 0.3) is 5.91 Å². The monoisotopic (exact) mass is 281 g/mol. The third kappa shape index (κ3) is 4.13. The maximum atomic E-state index is 12.2. The molecule has 1 aliphatic rings. The van der Waals surface area contributed by atoms with Gasteiger partial charge >= 0.3 is 0 Å². The molecule has 1 aliphatic carbocycles. The van der Waals surface area contributed by atoms with E-state index in [1.165, 1.54) is 6.42 Å². The van der Waals surface area contributed by atoms with E-state index in [9.17, 15) is 4.79 Å². The number of hydrogen-bond donors (Lipinski definition) is 0. The molecule has 0 radical (unpaired) electrons. The van der Waals surface area contributed by atoms with Gasteiger partial charge in [0.05, 0.1) is 0 Å². The number of benzene rings is 1. The predicted molar refractivity (Wildman–Crippen MR) is 76.6 cm³/mol. The third-order valence-electron chi connectivity index (χ3n) is 3.47. The molecule has 0 atom stereocenters. The zero-order chi connectivity index (χ0) is 13.5. The van der Waals surface area contributed by atoms with Crippen molar-refractivity contribution < 1.29 is 9.53 Å². The van der Waals surface area contributed by atoms with Crippen molar-refractivity contribution in [3.05, 3.63) is 30.3 Å². The highest BCUT2D eigenvalue weighted by molar-refractivity contribution is 6.17. The standard InChI is InChI=1S/C15H20ClNO2/c16-10-5-11-17(13-6-4-7-13)15(18)12-19-14-8-2-1-3-9-14/h1-3,8-9,13H,4-7,10-12H2. The Morgan fingerprint density at radius 3 is 2.63 bits per heavy atom. The van der Waals surface area contributed by atoms with Crippen molar-refractivity contribution in [2.24, 2.45) is 0 Å². The smallest absolute Gasteiger partial charge is 0.260 e. The minimum atomic E-state index is 0.0682. The van der Waals surface area contributed by atoms with Gasteiger partial charge in [0.15, 0.2) is 6.61 Å². The SMILES string of the molecule is O=C(COc1ccccc1)N(CCCCl)C1CCC1. The number of halogens is 1. The van der Waals surface area contributed by atoms with Gasteiger partial charge in [-0.3, -0.25) is 4.79 Å². The van der Waals surface area contributed by atoms with Crippen LogP contribution in [0.3, 0.4) is 0 Å². The van der Waals surface area contributed by atoms with Gasteiger partial charge in [-0.15, -0.1) is 11.6 Å². The van der Waals surface area contributed by atoms with Crippen LogP contribution in [0, 0.1) is 0 Å². The van der Waals surface area contributed by atoms with E-state index in [-0.39, 0.29) is 12.5 Å². The molecule has 0 aliphatic heterocycles. The number of carbonyl (C=O) groups excluding carboxylic acids is 1. The number of ether oxygens (including phenoxy) is 1. The Kier molecular flexibility index (Phi) is 5.52. The molecule has 19 heavy (non-hydrogen) atoms. The van der Waals surface area contributed by atoms with Crippen LogP contribution in [0.15, 0.2) is 30.3 Å². The Morgan fingerprint density at radius 1 is 1.32 bits per heavy atom. The van der Waals surface area contributed by atoms with E-state index in [0.717, 1.165) is 31.6 Å². The minimum absolute atomic E-state index is 0.0682.